The number of hydrogen-bond donors (Lipinski definition) is 10. The third kappa shape index (κ3) is 19.0. The van der Waals surface area contributed by atoms with E-state index in [9.17, 15) is 46.8 Å². The molecule has 0 bridgehead atoms. The molecule has 2 aromatic rings. The number of nitrogens with two attached hydrogens (primary N) is 2. The van der Waals surface area contributed by atoms with E-state index in [1.54, 1.807) is 31.2 Å². The largest absolute Gasteiger partial charge is 0.377 e. The molecule has 0 aromatic heterocycles. The highest BCUT2D eigenvalue weighted by Gasteiger charge is 2.28. The third-order valence-corrected chi connectivity index (χ3v) is 11.6. The van der Waals surface area contributed by atoms with Crippen molar-refractivity contribution in [2.75, 3.05) is 64.8 Å². The van der Waals surface area contributed by atoms with Gasteiger partial charge in [-0.25, -0.2) is 13.1 Å². The lowest BCUT2D eigenvalue weighted by atomic mass is 9.98. The fraction of sp³-hybridized carbons (Fsp3) is 0.571. The standard InChI is InChI=1S/C42H67N11O10S/c1-6-27(2)39(42(61)46-24-28(3)54)52-38(58)26-48-40(59)31(15-7-8-20-43)51-37(57)25-47-41(60)32(50-36(56)23-44)18-19-35(55)45-21-9-10-22-49-64(62,63)34-17-12-13-29-30(34)14-11-16-33(29)53(4)5/h11-14,16-17,27,31-32,39,49H,6-10,15,18-26,43-44H2,1-5H3,(H,45,55)(H,46,61)(H,47,60)(H,48,59)(H,50,56)(H,51,57)(H,52,58). The Morgan fingerprint density at radius 2 is 1.23 bits per heavy atom. The second-order valence-corrected chi connectivity index (χ2v) is 17.3. The summed E-state index contributed by atoms with van der Waals surface area (Å²) in [7, 11) is -0.0662. The first kappa shape index (κ1) is 54.4. The predicted octanol–water partition coefficient (Wildman–Crippen LogP) is -1.61. The molecule has 2 aromatic carbocycles. The summed E-state index contributed by atoms with van der Waals surface area (Å²) in [4.78, 5) is 103. The van der Waals surface area contributed by atoms with Gasteiger partial charge in [0.25, 0.3) is 0 Å². The molecule has 22 heteroatoms. The molecule has 0 aliphatic heterocycles. The van der Waals surface area contributed by atoms with Crippen LogP contribution in [0.25, 0.3) is 10.8 Å². The molecule has 64 heavy (non-hydrogen) atoms. The van der Waals surface area contributed by atoms with Crippen LogP contribution in [0.15, 0.2) is 41.3 Å². The van der Waals surface area contributed by atoms with Crippen molar-refractivity contribution in [2.45, 2.75) is 95.2 Å². The number of fused-ring (bicyclic) bond motifs is 1. The Morgan fingerprint density at radius 3 is 1.84 bits per heavy atom. The van der Waals surface area contributed by atoms with Crippen molar-refractivity contribution < 1.29 is 46.8 Å². The van der Waals surface area contributed by atoms with Crippen molar-refractivity contribution in [3.63, 3.8) is 0 Å². The van der Waals surface area contributed by atoms with Crippen molar-refractivity contribution in [1.29, 1.82) is 0 Å². The van der Waals surface area contributed by atoms with Gasteiger partial charge >= 0.3 is 0 Å². The fourth-order valence-corrected chi connectivity index (χ4v) is 7.67. The Balaban J connectivity index is 1.88. The summed E-state index contributed by atoms with van der Waals surface area (Å²) in [6, 6.07) is 7.26. The second-order valence-electron chi connectivity index (χ2n) is 15.5. The van der Waals surface area contributed by atoms with Crippen LogP contribution in [0.5, 0.6) is 0 Å². The zero-order valence-electron chi connectivity index (χ0n) is 37.5. The molecule has 0 radical (unpaired) electrons. The van der Waals surface area contributed by atoms with Crippen molar-refractivity contribution >= 4 is 73.6 Å². The number of sulfonamides is 1. The SMILES string of the molecule is CCC(C)C(NC(=O)CNC(=O)C(CCCCN)NC(=O)CNC(=O)C(CCC(=O)NCCCCNS(=O)(=O)c1cccc2c(N(C)C)cccc12)NC(=O)CN)C(=O)NCC(C)=O. The lowest BCUT2D eigenvalue weighted by Gasteiger charge is -2.24. The van der Waals surface area contributed by atoms with Gasteiger partial charge in [-0.15, -0.1) is 0 Å². The predicted molar refractivity (Wildman–Crippen MR) is 242 cm³/mol. The number of nitrogens with zero attached hydrogens (tertiary/aromatic N) is 1. The topological polar surface area (TPSA) is 322 Å². The Kier molecular flexibility index (Phi) is 23.9. The van der Waals surface area contributed by atoms with Gasteiger partial charge in [0.1, 0.15) is 23.9 Å². The van der Waals surface area contributed by atoms with Crippen molar-refractivity contribution in [3.05, 3.63) is 36.4 Å². The number of rotatable bonds is 30. The van der Waals surface area contributed by atoms with Gasteiger partial charge in [0.2, 0.25) is 51.4 Å². The molecule has 4 unspecified atom stereocenters. The van der Waals surface area contributed by atoms with Crippen LogP contribution in [0, 0.1) is 5.92 Å². The average Bonchev–Trinajstić information content (AvgIpc) is 3.26. The molecule has 0 aliphatic carbocycles. The molecule has 356 valence electrons. The number of anilines is 1. The van der Waals surface area contributed by atoms with E-state index in [0.717, 1.165) is 11.1 Å². The van der Waals surface area contributed by atoms with Crippen LogP contribution in [-0.2, 0) is 48.4 Å². The highest BCUT2D eigenvalue weighted by molar-refractivity contribution is 7.89. The Morgan fingerprint density at radius 1 is 0.656 bits per heavy atom. The van der Waals surface area contributed by atoms with Crippen LogP contribution in [0.4, 0.5) is 5.69 Å². The van der Waals surface area contributed by atoms with Gasteiger partial charge in [-0.05, 0) is 70.0 Å². The van der Waals surface area contributed by atoms with E-state index in [0.29, 0.717) is 44.0 Å². The van der Waals surface area contributed by atoms with Crippen LogP contribution in [0.3, 0.4) is 0 Å². The van der Waals surface area contributed by atoms with Gasteiger partial charge in [0, 0.05) is 50.1 Å². The zero-order chi connectivity index (χ0) is 47.8. The number of amides is 7. The monoisotopic (exact) mass is 917 g/mol. The van der Waals surface area contributed by atoms with E-state index < -0.39 is 89.1 Å². The first-order valence-corrected chi connectivity index (χ1v) is 22.9. The van der Waals surface area contributed by atoms with E-state index in [1.807, 2.05) is 38.1 Å². The molecule has 4 atom stereocenters. The van der Waals surface area contributed by atoms with E-state index >= 15 is 0 Å². The molecule has 0 saturated heterocycles. The first-order valence-electron chi connectivity index (χ1n) is 21.4. The number of carbonyl (C=O) groups excluding carboxylic acids is 8. The van der Waals surface area contributed by atoms with Gasteiger partial charge in [-0.1, -0.05) is 44.5 Å². The molecule has 0 fully saturated rings. The normalized spacial score (nSPS) is 13.0. The molecule has 0 spiro atoms. The summed E-state index contributed by atoms with van der Waals surface area (Å²) >= 11 is 0. The summed E-state index contributed by atoms with van der Waals surface area (Å²) in [5.74, 6) is -5.13. The van der Waals surface area contributed by atoms with Crippen LogP contribution in [0.2, 0.25) is 0 Å². The minimum atomic E-state index is -3.83. The molecule has 12 N–H and O–H groups in total. The summed E-state index contributed by atoms with van der Waals surface area (Å²) in [6.45, 7) is 3.80. The quantitative estimate of drug-likeness (QED) is 0.0395. The second kappa shape index (κ2) is 28.2. The highest BCUT2D eigenvalue weighted by Crippen LogP contribution is 2.30. The zero-order valence-corrected chi connectivity index (χ0v) is 38.3. The van der Waals surface area contributed by atoms with Crippen LogP contribution >= 0.6 is 0 Å². The number of Topliss-reactive ketones (excluding diaryl/α,β-unsaturated/α-hetero) is 1. The molecule has 0 aliphatic rings. The van der Waals surface area contributed by atoms with Gasteiger partial charge in [-0.3, -0.25) is 38.4 Å². The van der Waals surface area contributed by atoms with Gasteiger partial charge < -0.3 is 53.6 Å². The number of nitrogens with one attached hydrogen (secondary N) is 8. The van der Waals surface area contributed by atoms with Crippen LogP contribution in [0.1, 0.15) is 72.1 Å². The third-order valence-electron chi connectivity index (χ3n) is 10.1. The molecule has 7 amide bonds. The van der Waals surface area contributed by atoms with E-state index in [1.165, 1.54) is 6.92 Å². The summed E-state index contributed by atoms with van der Waals surface area (Å²) in [6.07, 6.45) is 2.19. The molecular weight excluding hydrogens is 851 g/mol. The smallest absolute Gasteiger partial charge is 0.243 e. The van der Waals surface area contributed by atoms with Gasteiger partial charge in [0.15, 0.2) is 0 Å². The maximum Gasteiger partial charge on any atom is 0.243 e. The van der Waals surface area contributed by atoms with Gasteiger partial charge in [0.05, 0.1) is 31.1 Å². The van der Waals surface area contributed by atoms with E-state index in [-0.39, 0.29) is 55.5 Å². The fourth-order valence-electron chi connectivity index (χ4n) is 6.37. The van der Waals surface area contributed by atoms with Crippen LogP contribution in [-0.4, -0.2) is 134 Å². The molecule has 0 saturated carbocycles. The minimum Gasteiger partial charge on any atom is -0.377 e. The lowest BCUT2D eigenvalue weighted by molar-refractivity contribution is -0.133. The summed E-state index contributed by atoms with van der Waals surface area (Å²) < 4.78 is 29.0. The molecule has 2 rings (SSSR count). The highest BCUT2D eigenvalue weighted by atomic mass is 32.2. The number of unbranched alkanes of at least 4 members (excludes halogenated alkanes) is 2. The summed E-state index contributed by atoms with van der Waals surface area (Å²) in [5, 5.41) is 19.0. The maximum atomic E-state index is 13.2. The lowest BCUT2D eigenvalue weighted by Crippen LogP contribution is -2.55. The van der Waals surface area contributed by atoms with E-state index in [2.05, 4.69) is 41.9 Å². The number of benzene rings is 2. The molecular formula is C42H67N11O10S. The Bertz CT molecular complexity index is 2030. The van der Waals surface area contributed by atoms with E-state index in [4.69, 9.17) is 11.5 Å². The Hall–Kier alpha value is -5.71. The minimum absolute atomic E-state index is 0.129. The van der Waals surface area contributed by atoms with Gasteiger partial charge in [-0.2, -0.15) is 0 Å². The first-order chi connectivity index (χ1) is 30.3. The average molecular weight is 918 g/mol. The Labute approximate surface area is 375 Å². The molecule has 0 heterocycles. The number of hydrogen-bond acceptors (Lipinski definition) is 13. The molecule has 21 nitrogen and oxygen atoms in total. The van der Waals surface area contributed by atoms with Crippen molar-refractivity contribution in [2.24, 2.45) is 17.4 Å². The maximum absolute atomic E-state index is 13.2. The van der Waals surface area contributed by atoms with Crippen molar-refractivity contribution in [3.8, 4) is 0 Å². The number of ketones is 1. The van der Waals surface area contributed by atoms with Crippen molar-refractivity contribution in [1.82, 2.24) is 41.9 Å². The summed E-state index contributed by atoms with van der Waals surface area (Å²) in [5.41, 5.74) is 11.9. The van der Waals surface area contributed by atoms with Crippen LogP contribution < -0.4 is 58.3 Å². The number of carbonyl (C=O) groups is 8.